The van der Waals surface area contributed by atoms with E-state index in [1.165, 1.54) is 0 Å². The van der Waals surface area contributed by atoms with Crippen molar-refractivity contribution in [3.8, 4) is 0 Å². The van der Waals surface area contributed by atoms with Gasteiger partial charge >= 0.3 is 0 Å². The average molecular weight is 244 g/mol. The zero-order valence-electron chi connectivity index (χ0n) is 9.67. The Labute approximate surface area is 103 Å². The van der Waals surface area contributed by atoms with Crippen molar-refractivity contribution >= 4 is 11.4 Å². The lowest BCUT2D eigenvalue weighted by Gasteiger charge is -2.08. The summed E-state index contributed by atoms with van der Waals surface area (Å²) in [6.45, 7) is 0. The Morgan fingerprint density at radius 2 is 2.11 bits per heavy atom. The minimum atomic E-state index is 0.465. The molecule has 0 aliphatic heterocycles. The lowest BCUT2D eigenvalue weighted by Crippen LogP contribution is -2.31. The molecule has 0 bridgehead atoms. The molecule has 1 aromatic heterocycles. The lowest BCUT2D eigenvalue weighted by atomic mass is 9.99. The maximum atomic E-state index is 11.3. The topological polar surface area (TPSA) is 77.4 Å². The fraction of sp³-hybridized carbons (Fsp3) is 0.250. The van der Waals surface area contributed by atoms with Crippen molar-refractivity contribution < 1.29 is 9.53 Å². The third kappa shape index (κ3) is 1.92. The smallest absolute Gasteiger partial charge is 0.267 e. The number of benzene rings is 1. The van der Waals surface area contributed by atoms with E-state index in [1.54, 1.807) is 0 Å². The van der Waals surface area contributed by atoms with Gasteiger partial charge in [0, 0.05) is 11.6 Å². The largest absolute Gasteiger partial charge is 0.359 e. The van der Waals surface area contributed by atoms with Gasteiger partial charge in [-0.1, -0.05) is 18.2 Å². The van der Waals surface area contributed by atoms with E-state index in [4.69, 9.17) is 0 Å². The van der Waals surface area contributed by atoms with Crippen molar-refractivity contribution in [2.45, 2.75) is 19.3 Å². The Morgan fingerprint density at radius 1 is 1.28 bits per heavy atom. The first-order chi connectivity index (χ1) is 8.84. The van der Waals surface area contributed by atoms with Gasteiger partial charge in [0.1, 0.15) is 5.71 Å². The number of para-hydroxylation sites is 1. The van der Waals surface area contributed by atoms with Crippen LogP contribution in [-0.2, 0) is 6.42 Å². The summed E-state index contributed by atoms with van der Waals surface area (Å²) >= 11 is 0. The van der Waals surface area contributed by atoms with E-state index < -0.39 is 0 Å². The summed E-state index contributed by atoms with van der Waals surface area (Å²) in [5, 5.41) is 19.4. The lowest BCUT2D eigenvalue weighted by molar-refractivity contribution is -0.808. The van der Waals surface area contributed by atoms with Gasteiger partial charge in [0.25, 0.3) is 5.69 Å². The van der Waals surface area contributed by atoms with Crippen molar-refractivity contribution in [2.75, 3.05) is 5.43 Å². The normalized spacial score (nSPS) is 16.6. The van der Waals surface area contributed by atoms with Crippen LogP contribution in [0.4, 0.5) is 5.69 Å². The summed E-state index contributed by atoms with van der Waals surface area (Å²) in [6.07, 6.45) is 2.36. The van der Waals surface area contributed by atoms with Gasteiger partial charge in [-0.05, 0) is 29.9 Å². The van der Waals surface area contributed by atoms with E-state index in [-0.39, 0.29) is 0 Å². The number of hydrogen-bond donors (Lipinski definition) is 1. The first kappa shape index (κ1) is 10.8. The molecule has 0 amide bonds. The fourth-order valence-electron chi connectivity index (χ4n) is 1.99. The third-order valence-electron chi connectivity index (χ3n) is 2.89. The molecule has 0 spiro atoms. The van der Waals surface area contributed by atoms with Gasteiger partial charge in [0.05, 0.1) is 5.69 Å². The maximum absolute atomic E-state index is 11.3. The van der Waals surface area contributed by atoms with Crippen LogP contribution in [0.15, 0.2) is 40.1 Å². The molecule has 1 aliphatic carbocycles. The summed E-state index contributed by atoms with van der Waals surface area (Å²) in [5.41, 5.74) is 5.75. The predicted molar refractivity (Wildman–Crippen MR) is 65.0 cm³/mol. The molecule has 0 atom stereocenters. The van der Waals surface area contributed by atoms with Crippen LogP contribution in [0.1, 0.15) is 24.2 Å². The molecule has 0 saturated heterocycles. The molecule has 1 aliphatic rings. The van der Waals surface area contributed by atoms with Crippen molar-refractivity contribution in [1.82, 2.24) is 5.16 Å². The molecule has 18 heavy (non-hydrogen) atoms. The first-order valence-electron chi connectivity index (χ1n) is 5.81. The van der Waals surface area contributed by atoms with E-state index >= 15 is 0 Å². The summed E-state index contributed by atoms with van der Waals surface area (Å²) in [6, 6.07) is 9.64. The molecule has 92 valence electrons. The molecule has 1 heterocycles. The van der Waals surface area contributed by atoms with Crippen LogP contribution in [0.5, 0.6) is 0 Å². The number of fused-ring (bicyclic) bond motifs is 1. The number of rotatable bonds is 2. The Bertz CT molecular complexity index is 577. The zero-order valence-corrected chi connectivity index (χ0v) is 9.67. The zero-order chi connectivity index (χ0) is 12.4. The highest BCUT2D eigenvalue weighted by molar-refractivity contribution is 6.00. The summed E-state index contributed by atoms with van der Waals surface area (Å²) in [5.74, 6) is 0. The fourth-order valence-corrected chi connectivity index (χ4v) is 1.99. The van der Waals surface area contributed by atoms with Gasteiger partial charge in [-0.3, -0.25) is 10.1 Å². The highest BCUT2D eigenvalue weighted by Crippen LogP contribution is 2.17. The molecule has 1 N–H and O–H groups in total. The van der Waals surface area contributed by atoms with Crippen LogP contribution in [0.25, 0.3) is 0 Å². The van der Waals surface area contributed by atoms with Crippen LogP contribution in [0, 0.1) is 5.21 Å². The highest BCUT2D eigenvalue weighted by Gasteiger charge is 2.28. The Hall–Kier alpha value is -2.37. The van der Waals surface area contributed by atoms with Crippen molar-refractivity contribution in [2.24, 2.45) is 5.10 Å². The van der Waals surface area contributed by atoms with Crippen LogP contribution in [-0.4, -0.2) is 10.9 Å². The number of nitrogens with one attached hydrogen (secondary N) is 1. The van der Waals surface area contributed by atoms with E-state index in [0.717, 1.165) is 24.2 Å². The second-order valence-electron chi connectivity index (χ2n) is 4.12. The van der Waals surface area contributed by atoms with Crippen molar-refractivity contribution in [1.29, 1.82) is 0 Å². The molecule has 1 aromatic carbocycles. The molecule has 0 saturated carbocycles. The van der Waals surface area contributed by atoms with Gasteiger partial charge in [-0.15, -0.1) is 0 Å². The summed E-state index contributed by atoms with van der Waals surface area (Å²) < 4.78 is 4.60. The predicted octanol–water partition coefficient (Wildman–Crippen LogP) is 1.46. The third-order valence-corrected chi connectivity index (χ3v) is 2.89. The number of hydrogen-bond acceptors (Lipinski definition) is 5. The van der Waals surface area contributed by atoms with E-state index in [9.17, 15) is 5.21 Å². The molecule has 0 radical (unpaired) electrons. The Kier molecular flexibility index (Phi) is 2.68. The Balaban J connectivity index is 1.85. The molecule has 6 nitrogen and oxygen atoms in total. The second kappa shape index (κ2) is 4.48. The van der Waals surface area contributed by atoms with Gasteiger partial charge in [0.2, 0.25) is 5.69 Å². The monoisotopic (exact) mass is 244 g/mol. The van der Waals surface area contributed by atoms with Crippen molar-refractivity contribution in [3.05, 3.63) is 46.9 Å². The Morgan fingerprint density at radius 3 is 2.94 bits per heavy atom. The number of aromatic nitrogens is 2. The molecular formula is C12H12N4O2. The number of hydrazone groups is 1. The van der Waals surface area contributed by atoms with Gasteiger partial charge in [-0.25, -0.2) is 0 Å². The van der Waals surface area contributed by atoms with E-state index in [0.29, 0.717) is 22.7 Å². The summed E-state index contributed by atoms with van der Waals surface area (Å²) in [7, 11) is 0. The quantitative estimate of drug-likeness (QED) is 0.640. The van der Waals surface area contributed by atoms with Crippen LogP contribution >= 0.6 is 0 Å². The minimum absolute atomic E-state index is 0.465. The molecule has 2 aromatic rings. The first-order valence-corrected chi connectivity index (χ1v) is 5.81. The standard InChI is InChI=1S/C12H12N4O2/c17-16-11-8-4-7-10(12(11)15-18-16)14-13-9-5-2-1-3-6-9/h1-3,5-6,13H,4,7-8H2/b14-10+. The van der Waals surface area contributed by atoms with Crippen LogP contribution < -0.4 is 10.3 Å². The van der Waals surface area contributed by atoms with E-state index in [1.807, 2.05) is 30.3 Å². The van der Waals surface area contributed by atoms with Gasteiger partial charge < -0.3 is 5.21 Å². The molecule has 3 rings (SSSR count). The maximum Gasteiger partial charge on any atom is 0.267 e. The number of nitrogens with zero attached hydrogens (tertiary/aromatic N) is 3. The molecule has 6 heteroatoms. The second-order valence-corrected chi connectivity index (χ2v) is 4.12. The summed E-state index contributed by atoms with van der Waals surface area (Å²) in [4.78, 5) is 0.465. The average Bonchev–Trinajstić information content (AvgIpc) is 2.80. The van der Waals surface area contributed by atoms with E-state index in [2.05, 4.69) is 20.3 Å². The van der Waals surface area contributed by atoms with Crippen LogP contribution in [0.2, 0.25) is 0 Å². The molecule has 0 unspecified atom stereocenters. The van der Waals surface area contributed by atoms with Crippen molar-refractivity contribution in [3.63, 3.8) is 0 Å². The van der Waals surface area contributed by atoms with Gasteiger partial charge in [-0.2, -0.15) is 5.10 Å². The SMILES string of the molecule is [O-][n+]1onc2c1CCC/C2=N\Nc1ccccc1. The molecular weight excluding hydrogens is 232 g/mol. The van der Waals surface area contributed by atoms with Crippen LogP contribution in [0.3, 0.4) is 0 Å². The highest BCUT2D eigenvalue weighted by atomic mass is 16.8. The number of anilines is 1. The molecule has 0 fully saturated rings. The van der Waals surface area contributed by atoms with Gasteiger partial charge in [0.15, 0.2) is 0 Å². The minimum Gasteiger partial charge on any atom is -0.359 e.